The average Bonchev–Trinajstić information content (AvgIpc) is 2.99. The number of hydrogen-bond acceptors (Lipinski definition) is 3. The quantitative estimate of drug-likeness (QED) is 0.806. The third-order valence-electron chi connectivity index (χ3n) is 3.38. The highest BCUT2D eigenvalue weighted by atomic mass is 19.1. The summed E-state index contributed by atoms with van der Waals surface area (Å²) in [5.74, 6) is -0.957. The van der Waals surface area contributed by atoms with E-state index in [0.29, 0.717) is 11.4 Å². The Labute approximate surface area is 125 Å². The van der Waals surface area contributed by atoms with Gasteiger partial charge in [-0.25, -0.2) is 13.8 Å². The largest absolute Gasteiger partial charge is 0.380 e. The number of hydrogen-bond donors (Lipinski definition) is 1. The fraction of sp³-hybridized carbons (Fsp3) is 0.125. The second-order valence-corrected chi connectivity index (χ2v) is 4.80. The number of aromatic nitrogens is 3. The van der Waals surface area contributed by atoms with Crippen LogP contribution in [0.3, 0.4) is 0 Å². The maximum atomic E-state index is 13.8. The van der Waals surface area contributed by atoms with Crippen LogP contribution in [0.5, 0.6) is 0 Å². The molecule has 0 saturated heterocycles. The summed E-state index contributed by atoms with van der Waals surface area (Å²) in [7, 11) is 0. The number of nitrogens with zero attached hydrogens (tertiary/aromatic N) is 3. The van der Waals surface area contributed by atoms with Crippen molar-refractivity contribution in [1.82, 2.24) is 14.5 Å². The van der Waals surface area contributed by atoms with Gasteiger partial charge in [-0.1, -0.05) is 12.1 Å². The number of halogens is 2. The van der Waals surface area contributed by atoms with Crippen LogP contribution in [0.2, 0.25) is 0 Å². The molecule has 0 amide bonds. The Kier molecular flexibility index (Phi) is 3.93. The minimum atomic E-state index is -1.02. The summed E-state index contributed by atoms with van der Waals surface area (Å²) in [6.07, 6.45) is 5.15. The predicted molar refractivity (Wildman–Crippen MR) is 76.0 cm³/mol. The van der Waals surface area contributed by atoms with E-state index in [1.54, 1.807) is 24.5 Å². The van der Waals surface area contributed by atoms with E-state index in [1.807, 2.05) is 0 Å². The van der Waals surface area contributed by atoms with Crippen molar-refractivity contribution < 1.29 is 13.9 Å². The van der Waals surface area contributed by atoms with Gasteiger partial charge >= 0.3 is 0 Å². The molecule has 0 saturated carbocycles. The van der Waals surface area contributed by atoms with E-state index in [0.717, 1.165) is 0 Å². The first-order chi connectivity index (χ1) is 10.7. The number of pyridine rings is 1. The topological polar surface area (TPSA) is 50.9 Å². The minimum Gasteiger partial charge on any atom is -0.380 e. The fourth-order valence-corrected chi connectivity index (χ4v) is 2.24. The van der Waals surface area contributed by atoms with Gasteiger partial charge in [0.15, 0.2) is 0 Å². The number of imidazole rings is 1. The van der Waals surface area contributed by atoms with Crippen molar-refractivity contribution in [2.24, 2.45) is 0 Å². The van der Waals surface area contributed by atoms with Crippen LogP contribution in [0.4, 0.5) is 8.78 Å². The lowest BCUT2D eigenvalue weighted by Gasteiger charge is -2.14. The third kappa shape index (κ3) is 2.73. The number of rotatable bonds is 4. The van der Waals surface area contributed by atoms with Gasteiger partial charge in [-0.3, -0.25) is 4.98 Å². The molecular weight excluding hydrogens is 288 g/mol. The van der Waals surface area contributed by atoms with Gasteiger partial charge in [0.1, 0.15) is 23.6 Å². The van der Waals surface area contributed by atoms with E-state index >= 15 is 0 Å². The second kappa shape index (κ2) is 6.03. The fourth-order valence-electron chi connectivity index (χ4n) is 2.24. The average molecular weight is 301 g/mol. The molecule has 0 aliphatic carbocycles. The van der Waals surface area contributed by atoms with E-state index in [1.165, 1.54) is 35.2 Å². The minimum absolute atomic E-state index is 0.0504. The molecule has 3 rings (SSSR count). The van der Waals surface area contributed by atoms with Crippen molar-refractivity contribution in [1.29, 1.82) is 0 Å². The highest BCUT2D eigenvalue weighted by Gasteiger charge is 2.18. The lowest BCUT2D eigenvalue weighted by Crippen LogP contribution is -2.12. The maximum absolute atomic E-state index is 13.8. The molecule has 22 heavy (non-hydrogen) atoms. The van der Waals surface area contributed by atoms with Gasteiger partial charge in [-0.15, -0.1) is 0 Å². The van der Waals surface area contributed by atoms with Gasteiger partial charge in [0.25, 0.3) is 0 Å². The van der Waals surface area contributed by atoms with Gasteiger partial charge in [0.05, 0.1) is 6.54 Å². The van der Waals surface area contributed by atoms with E-state index < -0.39 is 17.7 Å². The van der Waals surface area contributed by atoms with Crippen molar-refractivity contribution in [3.05, 3.63) is 83.7 Å². The number of aliphatic hydroxyl groups excluding tert-OH is 1. The SMILES string of the molecule is OC(c1cccnc1)c1nccn1Cc1c(F)cccc1F. The molecular formula is C16H13F2N3O. The molecule has 4 nitrogen and oxygen atoms in total. The summed E-state index contributed by atoms with van der Waals surface area (Å²) >= 11 is 0. The first kappa shape index (κ1) is 14.3. The van der Waals surface area contributed by atoms with E-state index in [9.17, 15) is 13.9 Å². The first-order valence-electron chi connectivity index (χ1n) is 6.68. The normalized spacial score (nSPS) is 12.3. The van der Waals surface area contributed by atoms with Crippen LogP contribution < -0.4 is 0 Å². The van der Waals surface area contributed by atoms with Crippen molar-refractivity contribution >= 4 is 0 Å². The summed E-state index contributed by atoms with van der Waals surface area (Å²) in [5, 5.41) is 10.4. The Bertz CT molecular complexity index is 754. The monoisotopic (exact) mass is 301 g/mol. The van der Waals surface area contributed by atoms with Crippen molar-refractivity contribution in [3.63, 3.8) is 0 Å². The molecule has 3 aromatic rings. The second-order valence-electron chi connectivity index (χ2n) is 4.80. The first-order valence-corrected chi connectivity index (χ1v) is 6.68. The highest BCUT2D eigenvalue weighted by molar-refractivity contribution is 5.23. The Morgan fingerprint density at radius 3 is 2.55 bits per heavy atom. The Balaban J connectivity index is 1.93. The Morgan fingerprint density at radius 2 is 1.86 bits per heavy atom. The van der Waals surface area contributed by atoms with Gasteiger partial charge in [0, 0.05) is 35.9 Å². The smallest absolute Gasteiger partial charge is 0.142 e. The highest BCUT2D eigenvalue weighted by Crippen LogP contribution is 2.21. The molecule has 0 aliphatic heterocycles. The lowest BCUT2D eigenvalue weighted by molar-refractivity contribution is 0.204. The van der Waals surface area contributed by atoms with E-state index in [2.05, 4.69) is 9.97 Å². The van der Waals surface area contributed by atoms with E-state index in [4.69, 9.17) is 0 Å². The molecule has 0 spiro atoms. The molecule has 0 bridgehead atoms. The molecule has 1 unspecified atom stereocenters. The lowest BCUT2D eigenvalue weighted by atomic mass is 10.1. The van der Waals surface area contributed by atoms with Crippen LogP contribution >= 0.6 is 0 Å². The molecule has 2 heterocycles. The summed E-state index contributed by atoms with van der Waals surface area (Å²) in [6, 6.07) is 7.12. The summed E-state index contributed by atoms with van der Waals surface area (Å²) in [4.78, 5) is 8.03. The molecule has 112 valence electrons. The third-order valence-corrected chi connectivity index (χ3v) is 3.38. The Morgan fingerprint density at radius 1 is 1.09 bits per heavy atom. The zero-order valence-electron chi connectivity index (χ0n) is 11.5. The van der Waals surface area contributed by atoms with E-state index in [-0.39, 0.29) is 12.1 Å². The van der Waals surface area contributed by atoms with Gasteiger partial charge < -0.3 is 9.67 Å². The van der Waals surface area contributed by atoms with Crippen molar-refractivity contribution in [2.45, 2.75) is 12.6 Å². The molecule has 6 heteroatoms. The summed E-state index contributed by atoms with van der Waals surface area (Å²) in [5.41, 5.74) is 0.490. The predicted octanol–water partition coefficient (Wildman–Crippen LogP) is 2.69. The number of aliphatic hydroxyl groups is 1. The van der Waals surface area contributed by atoms with Crippen LogP contribution in [0, 0.1) is 11.6 Å². The zero-order valence-corrected chi connectivity index (χ0v) is 11.5. The van der Waals surface area contributed by atoms with Gasteiger partial charge in [-0.05, 0) is 18.2 Å². The molecule has 1 aromatic carbocycles. The number of benzene rings is 1. The van der Waals surface area contributed by atoms with Crippen LogP contribution in [0.25, 0.3) is 0 Å². The van der Waals surface area contributed by atoms with Gasteiger partial charge in [0.2, 0.25) is 0 Å². The standard InChI is InChI=1S/C16H13F2N3O/c17-13-4-1-5-14(18)12(13)10-21-8-7-20-16(21)15(22)11-3-2-6-19-9-11/h1-9,15,22H,10H2. The maximum Gasteiger partial charge on any atom is 0.142 e. The zero-order chi connectivity index (χ0) is 15.5. The molecule has 0 fully saturated rings. The molecule has 0 aliphatic rings. The summed E-state index contributed by atoms with van der Waals surface area (Å²) in [6.45, 7) is -0.0504. The van der Waals surface area contributed by atoms with Crippen molar-refractivity contribution in [2.75, 3.05) is 0 Å². The molecule has 2 aromatic heterocycles. The van der Waals surface area contributed by atoms with Crippen LogP contribution in [-0.4, -0.2) is 19.6 Å². The molecule has 0 radical (unpaired) electrons. The molecule has 1 N–H and O–H groups in total. The Hall–Kier alpha value is -2.60. The van der Waals surface area contributed by atoms with Crippen molar-refractivity contribution in [3.8, 4) is 0 Å². The van der Waals surface area contributed by atoms with Gasteiger partial charge in [-0.2, -0.15) is 0 Å². The molecule has 1 atom stereocenters. The van der Waals surface area contributed by atoms with Crippen LogP contribution in [0.1, 0.15) is 23.1 Å². The van der Waals surface area contributed by atoms with Crippen LogP contribution in [0.15, 0.2) is 55.1 Å². The summed E-state index contributed by atoms with van der Waals surface area (Å²) < 4.78 is 29.0. The van der Waals surface area contributed by atoms with Crippen LogP contribution in [-0.2, 0) is 6.54 Å².